The quantitative estimate of drug-likeness (QED) is 0.607. The van der Waals surface area contributed by atoms with Crippen molar-refractivity contribution in [2.75, 3.05) is 0 Å². The Morgan fingerprint density at radius 1 is 1.04 bits per heavy atom. The van der Waals surface area contributed by atoms with Gasteiger partial charge in [0.05, 0.1) is 6.21 Å². The molecule has 2 amide bonds. The Morgan fingerprint density at radius 3 is 2.26 bits per heavy atom. The lowest BCUT2D eigenvalue weighted by atomic mass is 10.1. The highest BCUT2D eigenvalue weighted by molar-refractivity contribution is 6.31. The van der Waals surface area contributed by atoms with Crippen LogP contribution in [0.4, 0.5) is 4.79 Å². The van der Waals surface area contributed by atoms with E-state index >= 15 is 0 Å². The molecule has 0 aromatic heterocycles. The number of urea groups is 1. The number of nitrogens with zero attached hydrogens (tertiary/aromatic N) is 2. The van der Waals surface area contributed by atoms with Gasteiger partial charge in [-0.2, -0.15) is 5.10 Å². The molecule has 2 aromatic carbocycles. The summed E-state index contributed by atoms with van der Waals surface area (Å²) < 4.78 is 0. The lowest BCUT2D eigenvalue weighted by Crippen LogP contribution is -2.25. The molecule has 0 unspecified atom stereocenters. The van der Waals surface area contributed by atoms with Crippen LogP contribution in [0.25, 0.3) is 0 Å². The fraction of sp³-hybridized carbons (Fsp3) is 0.118. The fourth-order valence-electron chi connectivity index (χ4n) is 1.84. The van der Waals surface area contributed by atoms with Crippen molar-refractivity contribution in [1.82, 2.24) is 5.43 Å². The molecule has 0 heterocycles. The van der Waals surface area contributed by atoms with Crippen molar-refractivity contribution in [3.8, 4) is 0 Å². The normalized spacial score (nSPS) is 11.4. The van der Waals surface area contributed by atoms with Gasteiger partial charge in [0.25, 0.3) is 0 Å². The molecule has 6 nitrogen and oxygen atoms in total. The van der Waals surface area contributed by atoms with E-state index in [2.05, 4.69) is 15.7 Å². The van der Waals surface area contributed by atoms with E-state index in [0.29, 0.717) is 18.7 Å². The van der Waals surface area contributed by atoms with E-state index in [9.17, 15) is 4.79 Å². The summed E-state index contributed by atoms with van der Waals surface area (Å²) in [6.07, 6.45) is 1.95. The van der Waals surface area contributed by atoms with Crippen molar-refractivity contribution >= 4 is 18.0 Å². The van der Waals surface area contributed by atoms with Gasteiger partial charge < -0.3 is 10.6 Å². The number of benzene rings is 2. The monoisotopic (exact) mass is 310 g/mol. The minimum atomic E-state index is -0.731. The Bertz CT molecular complexity index is 670. The second-order valence-electron chi connectivity index (χ2n) is 4.74. The Balaban J connectivity index is 2.01. The molecule has 0 saturated heterocycles. The first-order chi connectivity index (χ1) is 11.2. The Morgan fingerprint density at radius 2 is 1.65 bits per heavy atom. The van der Waals surface area contributed by atoms with Crippen molar-refractivity contribution in [2.24, 2.45) is 16.0 Å². The zero-order valence-electron chi connectivity index (χ0n) is 12.6. The Kier molecular flexibility index (Phi) is 6.34. The predicted octanol–water partition coefficient (Wildman–Crippen LogP) is 2.46. The van der Waals surface area contributed by atoms with Gasteiger partial charge in [-0.05, 0) is 11.1 Å². The number of carbonyl (C=O) groups is 1. The molecular formula is C17H18N4O2. The predicted molar refractivity (Wildman–Crippen MR) is 90.0 cm³/mol. The van der Waals surface area contributed by atoms with Crippen LogP contribution in [0.5, 0.6) is 0 Å². The highest BCUT2D eigenvalue weighted by Crippen LogP contribution is 2.03. The minimum absolute atomic E-state index is 0.357. The molecule has 118 valence electrons. The fourth-order valence-corrected chi connectivity index (χ4v) is 1.84. The van der Waals surface area contributed by atoms with Crippen LogP contribution in [0.1, 0.15) is 11.1 Å². The standard InChI is InChI=1S/C17H18N4O2/c18-17(22)20-19-12-16(11-14-7-3-1-4-8-14)21-23-13-15-9-5-2-6-10-15/h1-10,12H,11,13H2,(H3,18,20,22). The second kappa shape index (κ2) is 8.99. The number of nitrogens with two attached hydrogens (primary N) is 1. The summed E-state index contributed by atoms with van der Waals surface area (Å²) in [5, 5.41) is 7.82. The number of amides is 2. The molecule has 2 aromatic rings. The van der Waals surface area contributed by atoms with Crippen LogP contribution in [0.15, 0.2) is 70.9 Å². The minimum Gasteiger partial charge on any atom is -0.391 e. The van der Waals surface area contributed by atoms with E-state index in [4.69, 9.17) is 10.6 Å². The topological polar surface area (TPSA) is 89.1 Å². The molecule has 23 heavy (non-hydrogen) atoms. The lowest BCUT2D eigenvalue weighted by molar-refractivity contribution is 0.131. The van der Waals surface area contributed by atoms with Crippen LogP contribution < -0.4 is 11.2 Å². The Labute approximate surface area is 134 Å². The van der Waals surface area contributed by atoms with Crippen LogP contribution in [-0.4, -0.2) is 18.0 Å². The molecule has 0 aliphatic carbocycles. The van der Waals surface area contributed by atoms with E-state index in [-0.39, 0.29) is 0 Å². The van der Waals surface area contributed by atoms with Gasteiger partial charge >= 0.3 is 6.03 Å². The largest absolute Gasteiger partial charge is 0.391 e. The summed E-state index contributed by atoms with van der Waals surface area (Å²) in [7, 11) is 0. The van der Waals surface area contributed by atoms with Gasteiger partial charge in [-0.25, -0.2) is 10.2 Å². The molecular weight excluding hydrogens is 292 g/mol. The zero-order valence-corrected chi connectivity index (χ0v) is 12.6. The number of hydrazone groups is 1. The van der Waals surface area contributed by atoms with Crippen LogP contribution in [0, 0.1) is 0 Å². The van der Waals surface area contributed by atoms with Gasteiger partial charge in [-0.1, -0.05) is 65.8 Å². The molecule has 0 saturated carbocycles. The number of primary amides is 1. The second-order valence-corrected chi connectivity index (χ2v) is 4.74. The molecule has 6 heteroatoms. The summed E-state index contributed by atoms with van der Waals surface area (Å²) >= 11 is 0. The summed E-state index contributed by atoms with van der Waals surface area (Å²) in [5.74, 6) is 0. The highest BCUT2D eigenvalue weighted by Gasteiger charge is 2.01. The van der Waals surface area contributed by atoms with Crippen molar-refractivity contribution in [3.05, 3.63) is 71.8 Å². The van der Waals surface area contributed by atoms with Gasteiger partial charge in [0.1, 0.15) is 12.3 Å². The van der Waals surface area contributed by atoms with Gasteiger partial charge in [-0.3, -0.25) is 0 Å². The zero-order chi connectivity index (χ0) is 16.3. The lowest BCUT2D eigenvalue weighted by Gasteiger charge is -2.03. The summed E-state index contributed by atoms with van der Waals surface area (Å²) in [5.41, 5.74) is 9.76. The summed E-state index contributed by atoms with van der Waals surface area (Å²) in [6.45, 7) is 0.357. The molecule has 0 atom stereocenters. The van der Waals surface area contributed by atoms with Crippen LogP contribution in [0.2, 0.25) is 0 Å². The van der Waals surface area contributed by atoms with Crippen LogP contribution >= 0.6 is 0 Å². The van der Waals surface area contributed by atoms with E-state index in [0.717, 1.165) is 11.1 Å². The molecule has 0 aliphatic heterocycles. The number of oxime groups is 1. The van der Waals surface area contributed by atoms with Gasteiger partial charge in [0.15, 0.2) is 0 Å². The third-order valence-electron chi connectivity index (χ3n) is 2.87. The average Bonchev–Trinajstić information content (AvgIpc) is 2.56. The third kappa shape index (κ3) is 6.43. The van der Waals surface area contributed by atoms with Crippen molar-refractivity contribution in [3.63, 3.8) is 0 Å². The number of hydrogen-bond acceptors (Lipinski definition) is 4. The van der Waals surface area contributed by atoms with E-state index in [1.165, 1.54) is 6.21 Å². The Hall–Kier alpha value is -3.15. The van der Waals surface area contributed by atoms with Crippen molar-refractivity contribution < 1.29 is 9.63 Å². The molecule has 0 aliphatic rings. The third-order valence-corrected chi connectivity index (χ3v) is 2.87. The van der Waals surface area contributed by atoms with Crippen molar-refractivity contribution in [1.29, 1.82) is 0 Å². The number of nitrogens with one attached hydrogen (secondary N) is 1. The molecule has 2 rings (SSSR count). The molecule has 3 N–H and O–H groups in total. The molecule has 0 spiro atoms. The first kappa shape index (κ1) is 16.2. The van der Waals surface area contributed by atoms with E-state index in [1.807, 2.05) is 60.7 Å². The molecule has 0 fully saturated rings. The first-order valence-corrected chi connectivity index (χ1v) is 7.09. The number of carbonyl (C=O) groups excluding carboxylic acids is 1. The number of hydrogen-bond donors (Lipinski definition) is 2. The van der Waals surface area contributed by atoms with Crippen LogP contribution in [-0.2, 0) is 17.9 Å². The van der Waals surface area contributed by atoms with Crippen LogP contribution in [0.3, 0.4) is 0 Å². The SMILES string of the molecule is NC(=O)NN=CC(Cc1ccccc1)=NOCc1ccccc1. The van der Waals surface area contributed by atoms with Crippen molar-refractivity contribution in [2.45, 2.75) is 13.0 Å². The van der Waals surface area contributed by atoms with E-state index < -0.39 is 6.03 Å². The maximum Gasteiger partial charge on any atom is 0.332 e. The molecule has 0 bridgehead atoms. The van der Waals surface area contributed by atoms with E-state index in [1.54, 1.807) is 0 Å². The smallest absolute Gasteiger partial charge is 0.332 e. The summed E-state index contributed by atoms with van der Waals surface area (Å²) in [4.78, 5) is 16.0. The van der Waals surface area contributed by atoms with Gasteiger partial charge in [0, 0.05) is 6.42 Å². The van der Waals surface area contributed by atoms with Gasteiger partial charge in [-0.15, -0.1) is 0 Å². The summed E-state index contributed by atoms with van der Waals surface area (Å²) in [6, 6.07) is 18.8. The molecule has 0 radical (unpaired) electrons. The first-order valence-electron chi connectivity index (χ1n) is 7.09. The maximum absolute atomic E-state index is 10.7. The number of rotatable bonds is 7. The highest BCUT2D eigenvalue weighted by atomic mass is 16.6. The van der Waals surface area contributed by atoms with Gasteiger partial charge in [0.2, 0.25) is 0 Å². The average molecular weight is 310 g/mol. The maximum atomic E-state index is 10.7.